The van der Waals surface area contributed by atoms with Gasteiger partial charge in [0.05, 0.1) is 0 Å². The van der Waals surface area contributed by atoms with E-state index in [0.29, 0.717) is 24.8 Å². The molecule has 134 valence electrons. The minimum atomic E-state index is -0.185. The number of aliphatic hydroxyl groups excluding tert-OH is 1. The van der Waals surface area contributed by atoms with Crippen LogP contribution in [-0.4, -0.2) is 30.7 Å². The number of hydrogen-bond donors (Lipinski definition) is 2. The zero-order valence-corrected chi connectivity index (χ0v) is 14.7. The number of nitrogens with zero attached hydrogens (tertiary/aromatic N) is 1. The second kappa shape index (κ2) is 8.21. The largest absolute Gasteiger partial charge is 0.456 e. The standard InChI is InChI=1S/C20H26N2O3/c1-2-18-7-8-19(25-18)20(24)21-13-15-3-5-17(6-4-15)22-11-9-16(14-23)10-12-22/h3-8,16,23H,2,9-14H2,1H3,(H,21,24). The van der Waals surface area contributed by atoms with E-state index in [1.165, 1.54) is 5.69 Å². The van der Waals surface area contributed by atoms with Crippen LogP contribution in [0, 0.1) is 5.92 Å². The molecule has 0 radical (unpaired) electrons. The Morgan fingerprint density at radius 1 is 1.20 bits per heavy atom. The number of amides is 1. The van der Waals surface area contributed by atoms with E-state index in [9.17, 15) is 9.90 Å². The molecule has 0 aliphatic carbocycles. The SMILES string of the molecule is CCc1ccc(C(=O)NCc2ccc(N3CCC(CO)CC3)cc2)o1. The number of hydrogen-bond acceptors (Lipinski definition) is 4. The molecule has 1 amide bonds. The maximum absolute atomic E-state index is 12.1. The first-order valence-electron chi connectivity index (χ1n) is 9.01. The van der Waals surface area contributed by atoms with Gasteiger partial charge in [-0.2, -0.15) is 0 Å². The highest BCUT2D eigenvalue weighted by Gasteiger charge is 2.18. The maximum atomic E-state index is 12.1. The molecule has 5 heteroatoms. The van der Waals surface area contributed by atoms with Crippen LogP contribution in [0.2, 0.25) is 0 Å². The fourth-order valence-electron chi connectivity index (χ4n) is 3.16. The van der Waals surface area contributed by atoms with Gasteiger partial charge in [-0.15, -0.1) is 0 Å². The van der Waals surface area contributed by atoms with Crippen molar-refractivity contribution in [1.29, 1.82) is 0 Å². The first kappa shape index (κ1) is 17.5. The summed E-state index contributed by atoms with van der Waals surface area (Å²) in [6.45, 7) is 4.74. The van der Waals surface area contributed by atoms with Crippen molar-refractivity contribution in [3.63, 3.8) is 0 Å². The molecule has 2 N–H and O–H groups in total. The van der Waals surface area contributed by atoms with Gasteiger partial charge in [0.1, 0.15) is 5.76 Å². The number of aryl methyl sites for hydroxylation is 1. The lowest BCUT2D eigenvalue weighted by molar-refractivity contribution is 0.0921. The van der Waals surface area contributed by atoms with Gasteiger partial charge in [-0.25, -0.2) is 0 Å². The lowest BCUT2D eigenvalue weighted by atomic mass is 9.97. The summed E-state index contributed by atoms with van der Waals surface area (Å²) in [6, 6.07) is 11.9. The van der Waals surface area contributed by atoms with Crippen LogP contribution >= 0.6 is 0 Å². The molecule has 0 saturated carbocycles. The van der Waals surface area contributed by atoms with E-state index in [-0.39, 0.29) is 5.91 Å². The fourth-order valence-corrected chi connectivity index (χ4v) is 3.16. The van der Waals surface area contributed by atoms with Crippen molar-refractivity contribution < 1.29 is 14.3 Å². The van der Waals surface area contributed by atoms with Crippen LogP contribution in [0.4, 0.5) is 5.69 Å². The van der Waals surface area contributed by atoms with Crippen LogP contribution < -0.4 is 10.2 Å². The zero-order chi connectivity index (χ0) is 17.6. The van der Waals surface area contributed by atoms with Crippen molar-refractivity contribution in [3.05, 3.63) is 53.5 Å². The van der Waals surface area contributed by atoms with E-state index >= 15 is 0 Å². The summed E-state index contributed by atoms with van der Waals surface area (Å²) < 4.78 is 5.46. The number of nitrogens with one attached hydrogen (secondary N) is 1. The predicted octanol–water partition coefficient (Wildman–Crippen LogP) is 2.98. The summed E-state index contributed by atoms with van der Waals surface area (Å²) in [5.74, 6) is 1.44. The molecule has 2 heterocycles. The highest BCUT2D eigenvalue weighted by Crippen LogP contribution is 2.23. The Balaban J connectivity index is 1.51. The average molecular weight is 342 g/mol. The van der Waals surface area contributed by atoms with Gasteiger partial charge in [-0.3, -0.25) is 4.79 Å². The first-order valence-corrected chi connectivity index (χ1v) is 9.01. The van der Waals surface area contributed by atoms with Crippen LogP contribution in [0.25, 0.3) is 0 Å². The van der Waals surface area contributed by atoms with Gasteiger partial charge < -0.3 is 19.7 Å². The predicted molar refractivity (Wildman–Crippen MR) is 97.7 cm³/mol. The van der Waals surface area contributed by atoms with Gasteiger partial charge in [0.15, 0.2) is 5.76 Å². The highest BCUT2D eigenvalue weighted by atomic mass is 16.3. The maximum Gasteiger partial charge on any atom is 0.287 e. The Kier molecular flexibility index (Phi) is 5.76. The molecule has 1 aliphatic heterocycles. The molecule has 2 aromatic rings. The molecular weight excluding hydrogens is 316 g/mol. The molecular formula is C20H26N2O3. The second-order valence-corrected chi connectivity index (χ2v) is 6.58. The average Bonchev–Trinajstić information content (AvgIpc) is 3.16. The van der Waals surface area contributed by atoms with E-state index in [1.54, 1.807) is 6.07 Å². The molecule has 1 saturated heterocycles. The van der Waals surface area contributed by atoms with E-state index in [4.69, 9.17) is 4.42 Å². The third-order valence-corrected chi connectivity index (χ3v) is 4.86. The number of benzene rings is 1. The van der Waals surface area contributed by atoms with Gasteiger partial charge in [-0.05, 0) is 48.6 Å². The van der Waals surface area contributed by atoms with Gasteiger partial charge >= 0.3 is 0 Å². The molecule has 1 aliphatic rings. The number of anilines is 1. The normalized spacial score (nSPS) is 15.4. The smallest absolute Gasteiger partial charge is 0.287 e. The first-order chi connectivity index (χ1) is 12.2. The molecule has 3 rings (SSSR count). The summed E-state index contributed by atoms with van der Waals surface area (Å²) in [5, 5.41) is 12.1. The van der Waals surface area contributed by atoms with Crippen molar-refractivity contribution in [2.75, 3.05) is 24.6 Å². The van der Waals surface area contributed by atoms with Crippen molar-refractivity contribution in [3.8, 4) is 0 Å². The van der Waals surface area contributed by atoms with Crippen molar-refractivity contribution >= 4 is 11.6 Å². The monoisotopic (exact) mass is 342 g/mol. The van der Waals surface area contributed by atoms with Crippen molar-refractivity contribution in [2.45, 2.75) is 32.7 Å². The number of aliphatic hydroxyl groups is 1. The third-order valence-electron chi connectivity index (χ3n) is 4.86. The quantitative estimate of drug-likeness (QED) is 0.847. The number of furan rings is 1. The van der Waals surface area contributed by atoms with Crippen LogP contribution in [0.5, 0.6) is 0 Å². The number of carbonyl (C=O) groups excluding carboxylic acids is 1. The lowest BCUT2D eigenvalue weighted by Crippen LogP contribution is -2.34. The molecule has 0 atom stereocenters. The number of piperidine rings is 1. The summed E-state index contributed by atoms with van der Waals surface area (Å²) in [5.41, 5.74) is 2.26. The Bertz CT molecular complexity index is 685. The zero-order valence-electron chi connectivity index (χ0n) is 14.7. The van der Waals surface area contributed by atoms with Crippen molar-refractivity contribution in [2.24, 2.45) is 5.92 Å². The second-order valence-electron chi connectivity index (χ2n) is 6.58. The molecule has 25 heavy (non-hydrogen) atoms. The van der Waals surface area contributed by atoms with Gasteiger partial charge in [0.25, 0.3) is 5.91 Å². The van der Waals surface area contributed by atoms with Crippen LogP contribution in [0.15, 0.2) is 40.8 Å². The molecule has 0 spiro atoms. The molecule has 5 nitrogen and oxygen atoms in total. The van der Waals surface area contributed by atoms with Gasteiger partial charge in [0.2, 0.25) is 0 Å². The summed E-state index contributed by atoms with van der Waals surface area (Å²) in [7, 11) is 0. The summed E-state index contributed by atoms with van der Waals surface area (Å²) >= 11 is 0. The Morgan fingerprint density at radius 3 is 2.52 bits per heavy atom. The van der Waals surface area contributed by atoms with E-state index in [0.717, 1.165) is 43.7 Å². The minimum absolute atomic E-state index is 0.185. The van der Waals surface area contributed by atoms with Crippen LogP contribution in [-0.2, 0) is 13.0 Å². The summed E-state index contributed by atoms with van der Waals surface area (Å²) in [4.78, 5) is 14.4. The Hall–Kier alpha value is -2.27. The van der Waals surface area contributed by atoms with Gasteiger partial charge in [0, 0.05) is 38.3 Å². The molecule has 0 bridgehead atoms. The highest BCUT2D eigenvalue weighted by molar-refractivity contribution is 5.91. The minimum Gasteiger partial charge on any atom is -0.456 e. The number of carbonyl (C=O) groups is 1. The van der Waals surface area contributed by atoms with E-state index < -0.39 is 0 Å². The van der Waals surface area contributed by atoms with E-state index in [2.05, 4.69) is 22.3 Å². The van der Waals surface area contributed by atoms with Crippen LogP contribution in [0.3, 0.4) is 0 Å². The molecule has 1 fully saturated rings. The lowest BCUT2D eigenvalue weighted by Gasteiger charge is -2.33. The third kappa shape index (κ3) is 4.42. The summed E-state index contributed by atoms with van der Waals surface area (Å²) in [6.07, 6.45) is 2.86. The van der Waals surface area contributed by atoms with Gasteiger partial charge in [-0.1, -0.05) is 19.1 Å². The van der Waals surface area contributed by atoms with Crippen LogP contribution in [0.1, 0.15) is 41.6 Å². The molecule has 1 aromatic heterocycles. The Labute approximate surface area is 148 Å². The molecule has 1 aromatic carbocycles. The molecule has 0 unspecified atom stereocenters. The van der Waals surface area contributed by atoms with E-state index in [1.807, 2.05) is 25.1 Å². The number of rotatable bonds is 6. The van der Waals surface area contributed by atoms with Crippen molar-refractivity contribution in [1.82, 2.24) is 5.32 Å². The topological polar surface area (TPSA) is 65.7 Å². The fraction of sp³-hybridized carbons (Fsp3) is 0.450. The Morgan fingerprint density at radius 2 is 1.92 bits per heavy atom.